The molecular formula is C21H29N. The largest absolute Gasteiger partial charge is 0.265 e. The maximum atomic E-state index is 4.28. The number of hydrogen-bond donors (Lipinski definition) is 0. The molecule has 0 aliphatic heterocycles. The summed E-state index contributed by atoms with van der Waals surface area (Å²) >= 11 is 0. The normalized spacial score (nSPS) is 16.0. The number of nitrogens with zero attached hydrogens (tertiary/aromatic N) is 1. The monoisotopic (exact) mass is 295 g/mol. The summed E-state index contributed by atoms with van der Waals surface area (Å²) in [6, 6.07) is 7.02. The highest BCUT2D eigenvalue weighted by atomic mass is 14.7. The predicted molar refractivity (Wildman–Crippen MR) is 98.6 cm³/mol. The highest BCUT2D eigenvalue weighted by molar-refractivity contribution is 6.11. The average molecular weight is 295 g/mol. The van der Waals surface area contributed by atoms with Crippen molar-refractivity contribution in [2.45, 2.75) is 65.2 Å². The number of rotatable bonds is 5. The summed E-state index contributed by atoms with van der Waals surface area (Å²) in [5.41, 5.74) is 6.91. The molecule has 1 heteroatoms. The van der Waals surface area contributed by atoms with Crippen LogP contribution in [-0.4, -0.2) is 6.21 Å². The molecule has 1 fully saturated rings. The van der Waals surface area contributed by atoms with Gasteiger partial charge in [0.25, 0.3) is 0 Å². The Bertz CT molecular complexity index is 568. The molecule has 1 saturated carbocycles. The van der Waals surface area contributed by atoms with E-state index in [2.05, 4.69) is 50.5 Å². The molecule has 0 aromatic heterocycles. The van der Waals surface area contributed by atoms with E-state index >= 15 is 0 Å². The first-order valence-corrected chi connectivity index (χ1v) is 8.62. The van der Waals surface area contributed by atoms with Crippen LogP contribution in [0.2, 0.25) is 0 Å². The predicted octanol–water partition coefficient (Wildman–Crippen LogP) is 6.30. The molecule has 0 saturated heterocycles. The fraction of sp³-hybridized carbons (Fsp3) is 0.476. The third kappa shape index (κ3) is 3.97. The molecule has 2 rings (SSSR count). The van der Waals surface area contributed by atoms with E-state index in [1.165, 1.54) is 59.9 Å². The van der Waals surface area contributed by atoms with Crippen LogP contribution in [0.4, 0.5) is 0 Å². The van der Waals surface area contributed by atoms with Crippen LogP contribution in [0.1, 0.15) is 75.5 Å². The Kier molecular flexibility index (Phi) is 6.18. The summed E-state index contributed by atoms with van der Waals surface area (Å²) in [7, 11) is 0. The van der Waals surface area contributed by atoms with Crippen LogP contribution < -0.4 is 0 Å². The molecule has 0 radical (unpaired) electrons. The van der Waals surface area contributed by atoms with E-state index in [4.69, 9.17) is 0 Å². The van der Waals surface area contributed by atoms with Gasteiger partial charge in [-0.3, -0.25) is 4.99 Å². The van der Waals surface area contributed by atoms with Gasteiger partial charge in [-0.25, -0.2) is 0 Å². The van der Waals surface area contributed by atoms with Crippen LogP contribution in [0.5, 0.6) is 0 Å². The average Bonchev–Trinajstić information content (AvgIpc) is 2.56. The SMILES string of the molecule is C=CN=CC(=C(C)C)c1ccc(CC)cc1C1CCCCC1. The second kappa shape index (κ2) is 8.12. The van der Waals surface area contributed by atoms with Crippen molar-refractivity contribution in [2.75, 3.05) is 0 Å². The van der Waals surface area contributed by atoms with Crippen molar-refractivity contribution in [3.05, 3.63) is 53.2 Å². The van der Waals surface area contributed by atoms with Gasteiger partial charge >= 0.3 is 0 Å². The Hall–Kier alpha value is -1.63. The Morgan fingerprint density at radius 1 is 1.23 bits per heavy atom. The third-order valence-corrected chi connectivity index (χ3v) is 4.71. The number of hydrogen-bond acceptors (Lipinski definition) is 1. The van der Waals surface area contributed by atoms with Gasteiger partial charge in [0.05, 0.1) is 0 Å². The minimum absolute atomic E-state index is 0.710. The maximum Gasteiger partial charge on any atom is 0.0345 e. The van der Waals surface area contributed by atoms with Gasteiger partial charge in [0.15, 0.2) is 0 Å². The Morgan fingerprint density at radius 3 is 2.55 bits per heavy atom. The Morgan fingerprint density at radius 2 is 1.95 bits per heavy atom. The smallest absolute Gasteiger partial charge is 0.0345 e. The number of benzene rings is 1. The quantitative estimate of drug-likeness (QED) is 0.565. The van der Waals surface area contributed by atoms with E-state index < -0.39 is 0 Å². The van der Waals surface area contributed by atoms with E-state index in [-0.39, 0.29) is 0 Å². The highest BCUT2D eigenvalue weighted by Crippen LogP contribution is 2.37. The lowest BCUT2D eigenvalue weighted by atomic mass is 9.79. The summed E-state index contributed by atoms with van der Waals surface area (Å²) < 4.78 is 0. The first-order chi connectivity index (χ1) is 10.7. The summed E-state index contributed by atoms with van der Waals surface area (Å²) in [6.07, 6.45) is 11.5. The fourth-order valence-corrected chi connectivity index (χ4v) is 3.42. The highest BCUT2D eigenvalue weighted by Gasteiger charge is 2.20. The van der Waals surface area contributed by atoms with E-state index in [1.54, 1.807) is 6.20 Å². The molecule has 22 heavy (non-hydrogen) atoms. The first-order valence-electron chi connectivity index (χ1n) is 8.62. The topological polar surface area (TPSA) is 12.4 Å². The molecule has 118 valence electrons. The van der Waals surface area contributed by atoms with Gasteiger partial charge in [-0.2, -0.15) is 0 Å². The molecule has 1 aliphatic carbocycles. The molecule has 0 unspecified atom stereocenters. The molecule has 0 bridgehead atoms. The van der Waals surface area contributed by atoms with Gasteiger partial charge < -0.3 is 0 Å². The van der Waals surface area contributed by atoms with Crippen LogP contribution >= 0.6 is 0 Å². The fourth-order valence-electron chi connectivity index (χ4n) is 3.42. The zero-order chi connectivity index (χ0) is 15.9. The van der Waals surface area contributed by atoms with Gasteiger partial charge in [-0.15, -0.1) is 0 Å². The molecule has 1 aliphatic rings. The second-order valence-corrected chi connectivity index (χ2v) is 6.48. The zero-order valence-electron chi connectivity index (χ0n) is 14.4. The third-order valence-electron chi connectivity index (χ3n) is 4.71. The molecule has 0 heterocycles. The lowest BCUT2D eigenvalue weighted by Gasteiger charge is -2.25. The first kappa shape index (κ1) is 16.7. The van der Waals surface area contributed by atoms with Crippen molar-refractivity contribution in [3.63, 3.8) is 0 Å². The maximum absolute atomic E-state index is 4.28. The lowest BCUT2D eigenvalue weighted by Crippen LogP contribution is -2.08. The van der Waals surface area contributed by atoms with Gasteiger partial charge in [0, 0.05) is 12.4 Å². The minimum Gasteiger partial charge on any atom is -0.265 e. The van der Waals surface area contributed by atoms with Crippen molar-refractivity contribution < 1.29 is 0 Å². The van der Waals surface area contributed by atoms with Crippen molar-refractivity contribution in [1.29, 1.82) is 0 Å². The Balaban J connectivity index is 2.51. The number of allylic oxidation sites excluding steroid dienone is 2. The van der Waals surface area contributed by atoms with E-state index in [9.17, 15) is 0 Å². The molecule has 0 N–H and O–H groups in total. The number of aryl methyl sites for hydroxylation is 1. The van der Waals surface area contributed by atoms with Crippen LogP contribution in [0.25, 0.3) is 5.57 Å². The van der Waals surface area contributed by atoms with Gasteiger partial charge in [0.1, 0.15) is 0 Å². The van der Waals surface area contributed by atoms with Crippen molar-refractivity contribution >= 4 is 11.8 Å². The van der Waals surface area contributed by atoms with E-state index in [0.717, 1.165) is 6.42 Å². The second-order valence-electron chi connectivity index (χ2n) is 6.48. The van der Waals surface area contributed by atoms with Crippen LogP contribution in [0.3, 0.4) is 0 Å². The minimum atomic E-state index is 0.710. The van der Waals surface area contributed by atoms with Crippen molar-refractivity contribution in [2.24, 2.45) is 4.99 Å². The molecule has 1 nitrogen and oxygen atoms in total. The zero-order valence-corrected chi connectivity index (χ0v) is 14.4. The Labute approximate surface area is 135 Å². The van der Waals surface area contributed by atoms with Crippen molar-refractivity contribution in [3.8, 4) is 0 Å². The molecule has 0 atom stereocenters. The summed E-state index contributed by atoms with van der Waals surface area (Å²) in [5.74, 6) is 0.710. The summed E-state index contributed by atoms with van der Waals surface area (Å²) in [5, 5.41) is 0. The molecule has 0 spiro atoms. The summed E-state index contributed by atoms with van der Waals surface area (Å²) in [4.78, 5) is 4.28. The summed E-state index contributed by atoms with van der Waals surface area (Å²) in [6.45, 7) is 10.3. The lowest BCUT2D eigenvalue weighted by molar-refractivity contribution is 0.443. The van der Waals surface area contributed by atoms with E-state index in [1.807, 2.05) is 6.21 Å². The van der Waals surface area contributed by atoms with Gasteiger partial charge in [-0.1, -0.05) is 56.5 Å². The molecular weight excluding hydrogens is 266 g/mol. The number of aliphatic imine (C=N–C) groups is 1. The molecule has 0 amide bonds. The van der Waals surface area contributed by atoms with Gasteiger partial charge in [0.2, 0.25) is 0 Å². The molecule has 1 aromatic rings. The van der Waals surface area contributed by atoms with Crippen LogP contribution in [-0.2, 0) is 6.42 Å². The standard InChI is InChI=1S/C21H29N/c1-5-17-12-13-19(21(16(3)4)15-22-6-2)20(14-17)18-10-8-7-9-11-18/h6,12-15,18H,2,5,7-11H2,1,3-4H3. The molecule has 1 aromatic carbocycles. The van der Waals surface area contributed by atoms with Crippen molar-refractivity contribution in [1.82, 2.24) is 0 Å². The van der Waals surface area contributed by atoms with E-state index in [0.29, 0.717) is 5.92 Å². The van der Waals surface area contributed by atoms with Gasteiger partial charge in [-0.05, 0) is 61.3 Å². The van der Waals surface area contributed by atoms with Crippen LogP contribution in [0, 0.1) is 0 Å². The van der Waals surface area contributed by atoms with Crippen LogP contribution in [0.15, 0.2) is 41.5 Å².